The molecule has 1 atom stereocenters. The molecule has 0 aliphatic carbocycles. The van der Waals surface area contributed by atoms with Crippen LogP contribution in [0.25, 0.3) is 0 Å². The topological polar surface area (TPSA) is 53.8 Å². The molecule has 0 saturated carbocycles. The van der Waals surface area contributed by atoms with Crippen molar-refractivity contribution in [1.29, 1.82) is 0 Å². The Hall–Kier alpha value is -0.550. The minimum Gasteiger partial charge on any atom is -0.609 e. The highest BCUT2D eigenvalue weighted by atomic mass is 32.2. The second-order valence-corrected chi connectivity index (χ2v) is 3.47. The maximum absolute atomic E-state index is 11.0. The Balaban J connectivity index is 2.74. The molecule has 0 saturated heterocycles. The Morgan fingerprint density at radius 3 is 2.90 bits per heavy atom. The van der Waals surface area contributed by atoms with Gasteiger partial charge in [0.25, 0.3) is 0 Å². The van der Waals surface area contributed by atoms with E-state index in [0.29, 0.717) is 10.9 Å². The average molecular weight is 159 g/mol. The van der Waals surface area contributed by atoms with E-state index < -0.39 is 11.2 Å². The molecule has 10 heavy (non-hydrogen) atoms. The van der Waals surface area contributed by atoms with E-state index in [1.165, 1.54) is 0 Å². The lowest BCUT2D eigenvalue weighted by atomic mass is 11.0. The van der Waals surface area contributed by atoms with Gasteiger partial charge >= 0.3 is 5.16 Å². The first kappa shape index (κ1) is 7.56. The van der Waals surface area contributed by atoms with Gasteiger partial charge in [0.1, 0.15) is 12.1 Å². The van der Waals surface area contributed by atoms with Crippen LogP contribution in [0.2, 0.25) is 0 Å². The first-order valence-electron chi connectivity index (χ1n) is 2.98. The van der Waals surface area contributed by atoms with E-state index in [9.17, 15) is 4.55 Å². The molecule has 56 valence electrons. The molecule has 1 rings (SSSR count). The summed E-state index contributed by atoms with van der Waals surface area (Å²) in [6.45, 7) is 1.84. The van der Waals surface area contributed by atoms with Gasteiger partial charge in [-0.15, -0.1) is 5.10 Å². The summed E-state index contributed by atoms with van der Waals surface area (Å²) in [5, 5.41) is 4.31. The van der Waals surface area contributed by atoms with Crippen LogP contribution in [-0.2, 0) is 18.2 Å². The molecule has 1 aromatic rings. The van der Waals surface area contributed by atoms with Crippen LogP contribution in [0.4, 0.5) is 0 Å². The van der Waals surface area contributed by atoms with Gasteiger partial charge in [0.05, 0.1) is 0 Å². The molecule has 0 aromatic carbocycles. The molecule has 0 aliphatic rings. The summed E-state index contributed by atoms with van der Waals surface area (Å²) in [6, 6.07) is 0. The standard InChI is InChI=1S/C5H9N3OS/c1-3-10(9)5-6-4-8(2)7-5/h4H,3H2,1-2H3. The number of hydrogen-bond donors (Lipinski definition) is 0. The number of aromatic nitrogens is 3. The highest BCUT2D eigenvalue weighted by Gasteiger charge is 2.12. The van der Waals surface area contributed by atoms with Crippen LogP contribution in [0, 0.1) is 0 Å². The van der Waals surface area contributed by atoms with Crippen LogP contribution in [0.15, 0.2) is 11.5 Å². The van der Waals surface area contributed by atoms with Gasteiger partial charge < -0.3 is 4.55 Å². The lowest BCUT2D eigenvalue weighted by Crippen LogP contribution is -2.06. The molecule has 0 N–H and O–H groups in total. The maximum atomic E-state index is 11.0. The van der Waals surface area contributed by atoms with Crippen molar-refractivity contribution in [3.63, 3.8) is 0 Å². The van der Waals surface area contributed by atoms with Crippen molar-refractivity contribution in [2.75, 3.05) is 5.75 Å². The van der Waals surface area contributed by atoms with Crippen molar-refractivity contribution in [1.82, 2.24) is 14.8 Å². The molecule has 4 nitrogen and oxygen atoms in total. The van der Waals surface area contributed by atoms with E-state index in [1.807, 2.05) is 6.92 Å². The smallest absolute Gasteiger partial charge is 0.361 e. The molecule has 0 aliphatic heterocycles. The summed E-state index contributed by atoms with van der Waals surface area (Å²) in [7, 11) is 1.75. The fourth-order valence-corrected chi connectivity index (χ4v) is 1.20. The first-order chi connectivity index (χ1) is 4.74. The van der Waals surface area contributed by atoms with E-state index in [1.54, 1.807) is 18.1 Å². The molecule has 0 spiro atoms. The molecule has 1 heterocycles. The van der Waals surface area contributed by atoms with Crippen molar-refractivity contribution < 1.29 is 4.55 Å². The predicted molar refractivity (Wildman–Crippen MR) is 38.0 cm³/mol. The summed E-state index contributed by atoms with van der Waals surface area (Å²) >= 11 is -1.01. The number of aryl methyl sites for hydroxylation is 1. The zero-order chi connectivity index (χ0) is 7.56. The minimum absolute atomic E-state index is 0.421. The summed E-state index contributed by atoms with van der Waals surface area (Å²) in [4.78, 5) is 3.84. The highest BCUT2D eigenvalue weighted by molar-refractivity contribution is 7.91. The Morgan fingerprint density at radius 2 is 2.50 bits per heavy atom. The zero-order valence-corrected chi connectivity index (χ0v) is 6.76. The second-order valence-electron chi connectivity index (χ2n) is 1.84. The Kier molecular flexibility index (Phi) is 2.29. The molecule has 5 heteroatoms. The highest BCUT2D eigenvalue weighted by Crippen LogP contribution is 2.01. The Morgan fingerprint density at radius 1 is 1.80 bits per heavy atom. The largest absolute Gasteiger partial charge is 0.609 e. The van der Waals surface area contributed by atoms with Crippen molar-refractivity contribution >= 4 is 11.2 Å². The van der Waals surface area contributed by atoms with Gasteiger partial charge in [0, 0.05) is 18.2 Å². The molecular formula is C5H9N3OS. The molecular weight excluding hydrogens is 150 g/mol. The van der Waals surface area contributed by atoms with Crippen LogP contribution in [0.5, 0.6) is 0 Å². The third-order valence-electron chi connectivity index (χ3n) is 1.04. The molecule has 0 bridgehead atoms. The summed E-state index contributed by atoms with van der Waals surface area (Å²) in [5.74, 6) is 0.573. The van der Waals surface area contributed by atoms with Gasteiger partial charge in [-0.25, -0.2) is 0 Å². The lowest BCUT2D eigenvalue weighted by Gasteiger charge is -1.99. The monoisotopic (exact) mass is 159 g/mol. The van der Waals surface area contributed by atoms with Crippen LogP contribution in [0.1, 0.15) is 6.92 Å². The molecule has 1 unspecified atom stereocenters. The summed E-state index contributed by atoms with van der Waals surface area (Å²) in [5.41, 5.74) is 0. The van der Waals surface area contributed by atoms with Gasteiger partial charge in [-0.2, -0.15) is 4.98 Å². The predicted octanol–water partition coefficient (Wildman–Crippen LogP) is -0.0574. The third kappa shape index (κ3) is 1.48. The maximum Gasteiger partial charge on any atom is 0.361 e. The molecule has 0 fully saturated rings. The number of hydrogen-bond acceptors (Lipinski definition) is 3. The quantitative estimate of drug-likeness (QED) is 0.568. The van der Waals surface area contributed by atoms with Crippen LogP contribution >= 0.6 is 0 Å². The average Bonchev–Trinajstić information content (AvgIpc) is 2.34. The molecule has 0 radical (unpaired) electrons. The molecule has 0 amide bonds. The Labute approximate surface area is 62.4 Å². The zero-order valence-electron chi connectivity index (χ0n) is 5.94. The van der Waals surface area contributed by atoms with E-state index >= 15 is 0 Å². The van der Waals surface area contributed by atoms with Crippen molar-refractivity contribution in [3.8, 4) is 0 Å². The van der Waals surface area contributed by atoms with Crippen LogP contribution in [0.3, 0.4) is 0 Å². The van der Waals surface area contributed by atoms with Crippen molar-refractivity contribution in [3.05, 3.63) is 6.33 Å². The van der Waals surface area contributed by atoms with Crippen molar-refractivity contribution in [2.45, 2.75) is 12.1 Å². The van der Waals surface area contributed by atoms with Gasteiger partial charge in [0.15, 0.2) is 0 Å². The van der Waals surface area contributed by atoms with Gasteiger partial charge in [-0.3, -0.25) is 4.68 Å². The van der Waals surface area contributed by atoms with E-state index in [0.717, 1.165) is 0 Å². The van der Waals surface area contributed by atoms with Crippen LogP contribution < -0.4 is 0 Å². The summed E-state index contributed by atoms with van der Waals surface area (Å²) in [6.07, 6.45) is 1.54. The first-order valence-corrected chi connectivity index (χ1v) is 4.30. The minimum atomic E-state index is -1.01. The van der Waals surface area contributed by atoms with E-state index in [2.05, 4.69) is 10.1 Å². The fourth-order valence-electron chi connectivity index (χ4n) is 0.553. The normalized spacial score (nSPS) is 13.5. The lowest BCUT2D eigenvalue weighted by molar-refractivity contribution is 0.584. The second kappa shape index (κ2) is 3.03. The number of nitrogens with zero attached hydrogens (tertiary/aromatic N) is 3. The van der Waals surface area contributed by atoms with Gasteiger partial charge in [-0.1, -0.05) is 0 Å². The molecule has 1 aromatic heterocycles. The summed E-state index contributed by atoms with van der Waals surface area (Å²) < 4.78 is 12.5. The van der Waals surface area contributed by atoms with Gasteiger partial charge in [-0.05, 0) is 6.92 Å². The third-order valence-corrected chi connectivity index (χ3v) is 2.16. The Bertz CT molecular complexity index is 212. The van der Waals surface area contributed by atoms with E-state index in [-0.39, 0.29) is 0 Å². The van der Waals surface area contributed by atoms with Gasteiger partial charge in [0.2, 0.25) is 0 Å². The SMILES string of the molecule is CC[S+]([O-])c1ncn(C)n1. The fraction of sp³-hybridized carbons (Fsp3) is 0.600. The number of rotatable bonds is 2. The van der Waals surface area contributed by atoms with E-state index in [4.69, 9.17) is 0 Å². The van der Waals surface area contributed by atoms with Crippen molar-refractivity contribution in [2.24, 2.45) is 7.05 Å². The van der Waals surface area contributed by atoms with Crippen LogP contribution in [-0.4, -0.2) is 25.1 Å².